The second kappa shape index (κ2) is 5.14. The number of anilines is 1. The second-order valence-corrected chi connectivity index (χ2v) is 5.88. The van der Waals surface area contributed by atoms with Gasteiger partial charge in [0.15, 0.2) is 0 Å². The average molecular weight is 302 g/mol. The minimum absolute atomic E-state index is 0.0705. The van der Waals surface area contributed by atoms with Gasteiger partial charge in [-0.15, -0.1) is 11.3 Å². The highest BCUT2D eigenvalue weighted by molar-refractivity contribution is 7.12. The van der Waals surface area contributed by atoms with E-state index in [0.717, 1.165) is 14.8 Å². The van der Waals surface area contributed by atoms with E-state index in [-0.39, 0.29) is 5.57 Å². The van der Waals surface area contributed by atoms with Crippen molar-refractivity contribution in [1.82, 2.24) is 5.43 Å². The molecule has 2 amide bonds. The number of hydrogen-bond donors (Lipinski definition) is 1. The van der Waals surface area contributed by atoms with Crippen LogP contribution in [0.3, 0.4) is 0 Å². The molecule has 0 aliphatic carbocycles. The predicted molar refractivity (Wildman–Crippen MR) is 79.1 cm³/mol. The van der Waals surface area contributed by atoms with Crippen molar-refractivity contribution in [2.24, 2.45) is 0 Å². The molecular formula is C15H11FN2O2S. The van der Waals surface area contributed by atoms with E-state index in [1.54, 1.807) is 6.08 Å². The maximum Gasteiger partial charge on any atom is 0.282 e. The van der Waals surface area contributed by atoms with Crippen LogP contribution in [0.5, 0.6) is 0 Å². The number of carbonyl (C=O) groups excluding carboxylic acids is 2. The number of halogens is 1. The fourth-order valence-electron chi connectivity index (χ4n) is 2.00. The molecule has 2 heterocycles. The summed E-state index contributed by atoms with van der Waals surface area (Å²) in [5.41, 5.74) is 2.96. The van der Waals surface area contributed by atoms with Crippen LogP contribution in [0, 0.1) is 12.7 Å². The number of nitrogens with zero attached hydrogens (tertiary/aromatic N) is 1. The highest BCUT2D eigenvalue weighted by Gasteiger charge is 2.34. The van der Waals surface area contributed by atoms with Gasteiger partial charge < -0.3 is 0 Å². The number of benzene rings is 1. The molecule has 1 fully saturated rings. The molecule has 0 unspecified atom stereocenters. The molecule has 1 aliphatic rings. The van der Waals surface area contributed by atoms with Gasteiger partial charge in [-0.3, -0.25) is 15.0 Å². The molecular weight excluding hydrogens is 291 g/mol. The van der Waals surface area contributed by atoms with E-state index >= 15 is 0 Å². The molecule has 4 nitrogen and oxygen atoms in total. The topological polar surface area (TPSA) is 49.4 Å². The number of carbonyl (C=O) groups is 2. The predicted octanol–water partition coefficient (Wildman–Crippen LogP) is 2.66. The van der Waals surface area contributed by atoms with E-state index in [9.17, 15) is 14.0 Å². The Morgan fingerprint density at radius 1 is 1.14 bits per heavy atom. The van der Waals surface area contributed by atoms with Gasteiger partial charge in [0.05, 0.1) is 5.69 Å². The van der Waals surface area contributed by atoms with Crippen LogP contribution >= 0.6 is 11.3 Å². The monoisotopic (exact) mass is 302 g/mol. The van der Waals surface area contributed by atoms with Crippen LogP contribution in [-0.2, 0) is 9.59 Å². The lowest BCUT2D eigenvalue weighted by atomic mass is 10.2. The lowest BCUT2D eigenvalue weighted by molar-refractivity contribution is -0.117. The summed E-state index contributed by atoms with van der Waals surface area (Å²) in [6.07, 6.45) is 1.57. The van der Waals surface area contributed by atoms with Crippen molar-refractivity contribution >= 4 is 34.9 Å². The highest BCUT2D eigenvalue weighted by Crippen LogP contribution is 2.24. The molecule has 1 aromatic heterocycles. The van der Waals surface area contributed by atoms with Gasteiger partial charge in [-0.05, 0) is 49.4 Å². The Bertz CT molecular complexity index is 749. The van der Waals surface area contributed by atoms with Gasteiger partial charge in [-0.2, -0.15) is 0 Å². The molecule has 0 atom stereocenters. The third-order valence-corrected chi connectivity index (χ3v) is 3.97. The van der Waals surface area contributed by atoms with Crippen LogP contribution < -0.4 is 10.4 Å². The lowest BCUT2D eigenvalue weighted by Crippen LogP contribution is -2.35. The van der Waals surface area contributed by atoms with E-state index in [0.29, 0.717) is 5.69 Å². The number of rotatable bonds is 2. The van der Waals surface area contributed by atoms with Gasteiger partial charge in [-0.25, -0.2) is 9.40 Å². The number of hydrazine groups is 1. The molecule has 0 radical (unpaired) electrons. The van der Waals surface area contributed by atoms with E-state index in [1.165, 1.54) is 35.6 Å². The fourth-order valence-corrected chi connectivity index (χ4v) is 2.82. The minimum atomic E-state index is -0.463. The molecule has 1 saturated heterocycles. The number of aryl methyl sites for hydroxylation is 1. The molecule has 1 N–H and O–H groups in total. The van der Waals surface area contributed by atoms with Gasteiger partial charge in [0.1, 0.15) is 11.4 Å². The molecule has 0 bridgehead atoms. The Morgan fingerprint density at radius 3 is 2.48 bits per heavy atom. The maximum atomic E-state index is 12.9. The van der Waals surface area contributed by atoms with Gasteiger partial charge in [-0.1, -0.05) is 0 Å². The van der Waals surface area contributed by atoms with Gasteiger partial charge in [0.25, 0.3) is 11.8 Å². The zero-order chi connectivity index (χ0) is 15.0. The number of thiophene rings is 1. The first-order valence-electron chi connectivity index (χ1n) is 6.24. The molecule has 1 aromatic carbocycles. The normalized spacial score (nSPS) is 16.7. The van der Waals surface area contributed by atoms with E-state index in [1.807, 2.05) is 19.1 Å². The summed E-state index contributed by atoms with van der Waals surface area (Å²) < 4.78 is 12.9. The van der Waals surface area contributed by atoms with Crippen LogP contribution in [-0.4, -0.2) is 11.8 Å². The Balaban J connectivity index is 1.92. The van der Waals surface area contributed by atoms with E-state index in [2.05, 4.69) is 5.43 Å². The summed E-state index contributed by atoms with van der Waals surface area (Å²) in [6.45, 7) is 1.95. The maximum absolute atomic E-state index is 12.9. The summed E-state index contributed by atoms with van der Waals surface area (Å²) in [5.74, 6) is -1.31. The third-order valence-electron chi connectivity index (χ3n) is 3.02. The first-order chi connectivity index (χ1) is 10.0. The van der Waals surface area contributed by atoms with Crippen molar-refractivity contribution in [1.29, 1.82) is 0 Å². The van der Waals surface area contributed by atoms with Crippen molar-refractivity contribution in [2.45, 2.75) is 6.92 Å². The standard InChI is InChI=1S/C15H11FN2O2S/c1-9-2-7-12(21-9)8-13-14(19)17-18(15(13)20)11-5-3-10(16)4-6-11/h2-8H,1H3,(H,17,19)/b13-8-. The SMILES string of the molecule is Cc1ccc(/C=C2/C(=O)NN(c3ccc(F)cc3)C2=O)s1. The molecule has 21 heavy (non-hydrogen) atoms. The Kier molecular flexibility index (Phi) is 3.31. The van der Waals surface area contributed by atoms with Crippen LogP contribution in [0.15, 0.2) is 42.0 Å². The third kappa shape index (κ3) is 2.57. The Labute approximate surface area is 124 Å². The second-order valence-electron chi connectivity index (χ2n) is 4.56. The summed E-state index contributed by atoms with van der Waals surface area (Å²) >= 11 is 1.50. The summed E-state index contributed by atoms with van der Waals surface area (Å²) in [4.78, 5) is 26.2. The summed E-state index contributed by atoms with van der Waals surface area (Å²) in [5, 5.41) is 1.12. The highest BCUT2D eigenvalue weighted by atomic mass is 32.1. The molecule has 6 heteroatoms. The molecule has 1 aliphatic heterocycles. The van der Waals surface area contributed by atoms with Crippen molar-refractivity contribution in [2.75, 3.05) is 5.01 Å². The largest absolute Gasteiger partial charge is 0.282 e. The fraction of sp³-hybridized carbons (Fsp3) is 0.0667. The van der Waals surface area contributed by atoms with Crippen molar-refractivity contribution < 1.29 is 14.0 Å². The average Bonchev–Trinajstić information content (AvgIpc) is 2.98. The summed E-state index contributed by atoms with van der Waals surface area (Å²) in [6, 6.07) is 9.12. The number of amides is 2. The van der Waals surface area contributed by atoms with Crippen LogP contribution in [0.1, 0.15) is 9.75 Å². The van der Waals surface area contributed by atoms with E-state index in [4.69, 9.17) is 0 Å². The number of hydrogen-bond acceptors (Lipinski definition) is 3. The molecule has 0 spiro atoms. The van der Waals surface area contributed by atoms with Gasteiger partial charge in [0.2, 0.25) is 0 Å². The zero-order valence-electron chi connectivity index (χ0n) is 11.1. The van der Waals surface area contributed by atoms with E-state index < -0.39 is 17.6 Å². The first-order valence-corrected chi connectivity index (χ1v) is 7.05. The molecule has 2 aromatic rings. The zero-order valence-corrected chi connectivity index (χ0v) is 11.9. The van der Waals surface area contributed by atoms with Crippen molar-refractivity contribution in [3.63, 3.8) is 0 Å². The van der Waals surface area contributed by atoms with Crippen LogP contribution in [0.4, 0.5) is 10.1 Å². The quantitative estimate of drug-likeness (QED) is 0.685. The van der Waals surface area contributed by atoms with Crippen LogP contribution in [0.25, 0.3) is 6.08 Å². The molecule has 106 valence electrons. The Morgan fingerprint density at radius 2 is 1.86 bits per heavy atom. The van der Waals surface area contributed by atoms with Crippen molar-refractivity contribution in [3.8, 4) is 0 Å². The number of nitrogens with one attached hydrogen (secondary N) is 1. The van der Waals surface area contributed by atoms with Crippen molar-refractivity contribution in [3.05, 3.63) is 57.5 Å². The van der Waals surface area contributed by atoms with Gasteiger partial charge >= 0.3 is 0 Å². The van der Waals surface area contributed by atoms with Crippen LogP contribution in [0.2, 0.25) is 0 Å². The molecule has 0 saturated carbocycles. The first kappa shape index (κ1) is 13.5. The summed E-state index contributed by atoms with van der Waals surface area (Å²) in [7, 11) is 0. The smallest absolute Gasteiger partial charge is 0.267 e. The van der Waals surface area contributed by atoms with Gasteiger partial charge in [0, 0.05) is 9.75 Å². The minimum Gasteiger partial charge on any atom is -0.267 e. The molecule has 3 rings (SSSR count). The lowest BCUT2D eigenvalue weighted by Gasteiger charge is -2.14. The Hall–Kier alpha value is -2.47.